The first-order valence-electron chi connectivity index (χ1n) is 6.88. The van der Waals surface area contributed by atoms with Crippen LogP contribution >= 0.6 is 0 Å². The van der Waals surface area contributed by atoms with Gasteiger partial charge in [-0.3, -0.25) is 14.6 Å². The molecule has 24 heavy (non-hydrogen) atoms. The van der Waals surface area contributed by atoms with E-state index in [2.05, 4.69) is 30.8 Å². The van der Waals surface area contributed by atoms with Crippen molar-refractivity contribution in [1.29, 1.82) is 0 Å². The van der Waals surface area contributed by atoms with Gasteiger partial charge in [-0.05, 0) is 6.42 Å². The molecule has 0 aromatic carbocycles. The van der Waals surface area contributed by atoms with Crippen LogP contribution in [0.3, 0.4) is 0 Å². The van der Waals surface area contributed by atoms with Crippen LogP contribution in [0.5, 0.6) is 0 Å². The van der Waals surface area contributed by atoms with Crippen molar-refractivity contribution < 1.29 is 14.0 Å². The third-order valence-corrected chi connectivity index (χ3v) is 2.94. The predicted molar refractivity (Wildman–Crippen MR) is 82.7 cm³/mol. The van der Waals surface area contributed by atoms with Gasteiger partial charge in [0.1, 0.15) is 11.9 Å². The van der Waals surface area contributed by atoms with Crippen LogP contribution in [0.25, 0.3) is 0 Å². The summed E-state index contributed by atoms with van der Waals surface area (Å²) in [5, 5.41) is 12.7. The topological polar surface area (TPSA) is 162 Å². The van der Waals surface area contributed by atoms with E-state index in [0.29, 0.717) is 6.42 Å². The van der Waals surface area contributed by atoms with Crippen LogP contribution in [0.4, 0.5) is 21.8 Å². The Morgan fingerprint density at radius 1 is 1.29 bits per heavy atom. The maximum Gasteiger partial charge on any atom is 0.273 e. The Balaban J connectivity index is 2.34. The molecule has 2 heterocycles. The molecular formula is C13H15FN8O2. The molecule has 0 spiro atoms. The molecule has 2 rings (SSSR count). The van der Waals surface area contributed by atoms with Crippen molar-refractivity contribution in [3.8, 4) is 0 Å². The third-order valence-electron chi connectivity index (χ3n) is 2.94. The highest BCUT2D eigenvalue weighted by molar-refractivity contribution is 5.96. The van der Waals surface area contributed by atoms with E-state index in [1.54, 1.807) is 6.92 Å². The van der Waals surface area contributed by atoms with Gasteiger partial charge >= 0.3 is 0 Å². The average molecular weight is 334 g/mol. The zero-order valence-corrected chi connectivity index (χ0v) is 12.7. The van der Waals surface area contributed by atoms with Crippen molar-refractivity contribution in [1.82, 2.24) is 20.2 Å². The van der Waals surface area contributed by atoms with Crippen molar-refractivity contribution in [2.45, 2.75) is 19.4 Å². The van der Waals surface area contributed by atoms with Crippen LogP contribution in [-0.4, -0.2) is 38.0 Å². The molecule has 0 saturated carbocycles. The first-order chi connectivity index (χ1) is 11.4. The first kappa shape index (κ1) is 17.0. The zero-order valence-electron chi connectivity index (χ0n) is 12.7. The summed E-state index contributed by atoms with van der Waals surface area (Å²) < 4.78 is 13.2. The Morgan fingerprint density at radius 2 is 2.04 bits per heavy atom. The van der Waals surface area contributed by atoms with Gasteiger partial charge in [-0.25, -0.2) is 4.39 Å². The molecule has 2 aromatic rings. The second-order valence-electron chi connectivity index (χ2n) is 4.72. The third kappa shape index (κ3) is 4.09. The van der Waals surface area contributed by atoms with Crippen LogP contribution in [-0.2, 0) is 4.79 Å². The lowest BCUT2D eigenvalue weighted by Crippen LogP contribution is -2.35. The quantitative estimate of drug-likeness (QED) is 0.546. The molecule has 11 heteroatoms. The Morgan fingerprint density at radius 3 is 2.62 bits per heavy atom. The Labute approximate surface area is 135 Å². The maximum absolute atomic E-state index is 13.2. The standard InChI is InChI=1S/C13H15FN8O2/c1-2-8(10(15)23)19-13-20-12(9(11(16)24)21-22-13)18-7-3-6(14)4-17-5-7/h3-5,8H,2H2,1H3,(H2,15,23)(H2,16,24)(H2,18,19,20,22)/t8-/m1/s1. The van der Waals surface area contributed by atoms with Gasteiger partial charge < -0.3 is 22.1 Å². The van der Waals surface area contributed by atoms with Crippen molar-refractivity contribution in [2.24, 2.45) is 11.5 Å². The van der Waals surface area contributed by atoms with Crippen LogP contribution in [0.2, 0.25) is 0 Å². The van der Waals surface area contributed by atoms with E-state index >= 15 is 0 Å². The summed E-state index contributed by atoms with van der Waals surface area (Å²) in [6.07, 6.45) is 2.73. The molecule has 2 aromatic heterocycles. The molecule has 0 bridgehead atoms. The molecule has 0 unspecified atom stereocenters. The minimum atomic E-state index is -0.879. The van der Waals surface area contributed by atoms with E-state index in [1.165, 1.54) is 6.20 Å². The van der Waals surface area contributed by atoms with Gasteiger partial charge in [0, 0.05) is 6.07 Å². The Kier molecular flexibility index (Phi) is 5.14. The molecule has 0 aliphatic rings. The largest absolute Gasteiger partial charge is 0.368 e. The molecule has 10 nitrogen and oxygen atoms in total. The van der Waals surface area contributed by atoms with Gasteiger partial charge in [0.25, 0.3) is 5.91 Å². The Hall–Kier alpha value is -3.37. The summed E-state index contributed by atoms with van der Waals surface area (Å²) in [7, 11) is 0. The lowest BCUT2D eigenvalue weighted by atomic mass is 10.2. The number of pyridine rings is 1. The predicted octanol–water partition coefficient (Wildman–Crippen LogP) is -0.0760. The van der Waals surface area contributed by atoms with Gasteiger partial charge in [-0.2, -0.15) is 4.98 Å². The van der Waals surface area contributed by atoms with Crippen LogP contribution in [0.15, 0.2) is 18.5 Å². The fourth-order valence-electron chi connectivity index (χ4n) is 1.79. The van der Waals surface area contributed by atoms with Gasteiger partial charge in [0.05, 0.1) is 18.1 Å². The minimum absolute atomic E-state index is 0.0440. The van der Waals surface area contributed by atoms with Crippen molar-refractivity contribution in [2.75, 3.05) is 10.6 Å². The number of anilines is 3. The SMILES string of the molecule is CC[C@@H](Nc1nnc(C(N)=O)c(Nc2cncc(F)c2)n1)C(N)=O. The number of halogens is 1. The number of nitrogens with two attached hydrogens (primary N) is 2. The fourth-order valence-corrected chi connectivity index (χ4v) is 1.79. The highest BCUT2D eigenvalue weighted by Crippen LogP contribution is 2.18. The van der Waals surface area contributed by atoms with Crippen molar-refractivity contribution >= 4 is 29.3 Å². The second kappa shape index (κ2) is 7.26. The highest BCUT2D eigenvalue weighted by atomic mass is 19.1. The molecule has 1 atom stereocenters. The number of rotatable bonds is 7. The van der Waals surface area contributed by atoms with E-state index in [-0.39, 0.29) is 23.1 Å². The summed E-state index contributed by atoms with van der Waals surface area (Å²) in [4.78, 5) is 30.4. The normalized spacial score (nSPS) is 11.6. The number of carbonyl (C=O) groups is 2. The minimum Gasteiger partial charge on any atom is -0.368 e. The molecule has 0 aliphatic carbocycles. The summed E-state index contributed by atoms with van der Waals surface area (Å²) >= 11 is 0. The lowest BCUT2D eigenvalue weighted by molar-refractivity contribution is -0.118. The van der Waals surface area contributed by atoms with E-state index in [0.717, 1.165) is 12.3 Å². The average Bonchev–Trinajstić information content (AvgIpc) is 2.52. The first-order valence-corrected chi connectivity index (χ1v) is 6.88. The molecule has 0 saturated heterocycles. The summed E-state index contributed by atoms with van der Waals surface area (Å²) in [6.45, 7) is 1.74. The Bertz CT molecular complexity index is 769. The van der Waals surface area contributed by atoms with E-state index < -0.39 is 23.7 Å². The molecule has 2 amide bonds. The number of aromatic nitrogens is 4. The lowest BCUT2D eigenvalue weighted by Gasteiger charge is -2.14. The van der Waals surface area contributed by atoms with Gasteiger partial charge in [0.2, 0.25) is 11.9 Å². The molecular weight excluding hydrogens is 319 g/mol. The number of amides is 2. The number of carbonyl (C=O) groups excluding carboxylic acids is 2. The van der Waals surface area contributed by atoms with E-state index in [9.17, 15) is 14.0 Å². The number of hydrogen-bond donors (Lipinski definition) is 4. The van der Waals surface area contributed by atoms with Crippen molar-refractivity contribution in [3.05, 3.63) is 30.0 Å². The number of nitrogens with zero attached hydrogens (tertiary/aromatic N) is 4. The van der Waals surface area contributed by atoms with Crippen LogP contribution < -0.4 is 22.1 Å². The van der Waals surface area contributed by atoms with Crippen molar-refractivity contribution in [3.63, 3.8) is 0 Å². The summed E-state index contributed by atoms with van der Waals surface area (Å²) in [5.74, 6) is -2.16. The second-order valence-corrected chi connectivity index (χ2v) is 4.72. The zero-order chi connectivity index (χ0) is 17.7. The molecule has 126 valence electrons. The van der Waals surface area contributed by atoms with Gasteiger partial charge in [-0.1, -0.05) is 6.92 Å². The monoisotopic (exact) mass is 334 g/mol. The van der Waals surface area contributed by atoms with E-state index in [1.807, 2.05) is 0 Å². The number of hydrogen-bond acceptors (Lipinski definition) is 8. The molecule has 0 radical (unpaired) electrons. The fraction of sp³-hybridized carbons (Fsp3) is 0.231. The number of primary amides is 2. The summed E-state index contributed by atoms with van der Waals surface area (Å²) in [6, 6.07) is 0.431. The van der Waals surface area contributed by atoms with Crippen LogP contribution in [0, 0.1) is 5.82 Å². The van der Waals surface area contributed by atoms with E-state index in [4.69, 9.17) is 11.5 Å². The molecule has 0 fully saturated rings. The van der Waals surface area contributed by atoms with Crippen LogP contribution in [0.1, 0.15) is 23.8 Å². The number of nitrogens with one attached hydrogen (secondary N) is 2. The maximum atomic E-state index is 13.2. The molecule has 0 aliphatic heterocycles. The highest BCUT2D eigenvalue weighted by Gasteiger charge is 2.18. The summed E-state index contributed by atoms with van der Waals surface area (Å²) in [5.41, 5.74) is 10.4. The van der Waals surface area contributed by atoms with Gasteiger partial charge in [0.15, 0.2) is 11.5 Å². The van der Waals surface area contributed by atoms with Gasteiger partial charge in [-0.15, -0.1) is 10.2 Å². The molecule has 6 N–H and O–H groups in total. The smallest absolute Gasteiger partial charge is 0.273 e.